The van der Waals surface area contributed by atoms with E-state index >= 15 is 0 Å². The molecular weight excluding hydrogens is 472 g/mol. The second-order valence-corrected chi connectivity index (χ2v) is 10.5. The summed E-state index contributed by atoms with van der Waals surface area (Å²) in [6, 6.07) is 10.7. The van der Waals surface area contributed by atoms with Crippen LogP contribution in [0.3, 0.4) is 0 Å². The number of rotatable bonds is 8. The first-order valence-corrected chi connectivity index (χ1v) is 11.9. The van der Waals surface area contributed by atoms with Gasteiger partial charge in [-0.15, -0.1) is 11.8 Å². The number of ether oxygens (including phenoxy) is 4. The zero-order valence-electron chi connectivity index (χ0n) is 20.2. The number of esters is 1. The van der Waals surface area contributed by atoms with Crippen LogP contribution in [0.15, 0.2) is 42.5 Å². The number of methoxy groups -OCH3 is 3. The molecule has 0 aromatic heterocycles. The Balaban J connectivity index is 1.45. The molecule has 2 aliphatic rings. The summed E-state index contributed by atoms with van der Waals surface area (Å²) in [4.78, 5) is 40.7. The molecule has 2 heterocycles. The molecule has 0 saturated carbocycles. The summed E-state index contributed by atoms with van der Waals surface area (Å²) in [7, 11) is 4.50. The summed E-state index contributed by atoms with van der Waals surface area (Å²) in [5.41, 5.74) is 1.02. The third-order valence-electron chi connectivity index (χ3n) is 6.15. The first-order chi connectivity index (χ1) is 16.7. The Bertz CT molecular complexity index is 1110. The van der Waals surface area contributed by atoms with E-state index in [1.807, 2.05) is 26.0 Å². The highest BCUT2D eigenvalue weighted by molar-refractivity contribution is 8.01. The Morgan fingerprint density at radius 2 is 1.63 bits per heavy atom. The molecule has 10 heteroatoms. The summed E-state index contributed by atoms with van der Waals surface area (Å²) in [6.45, 7) is 3.87. The zero-order chi connectivity index (χ0) is 25.3. The maximum Gasteiger partial charge on any atom is 0.330 e. The van der Waals surface area contributed by atoms with E-state index in [1.54, 1.807) is 37.4 Å². The largest absolute Gasteiger partial charge is 0.497 e. The smallest absolute Gasteiger partial charge is 0.330 e. The lowest BCUT2D eigenvalue weighted by molar-refractivity contribution is -0.164. The first-order valence-electron chi connectivity index (χ1n) is 11.0. The van der Waals surface area contributed by atoms with Crippen molar-refractivity contribution in [2.75, 3.05) is 21.3 Å². The highest BCUT2D eigenvalue weighted by Gasteiger charge is 2.64. The number of thioether (sulfide) groups is 1. The third kappa shape index (κ3) is 4.50. The molecule has 0 spiro atoms. The molecule has 2 unspecified atom stereocenters. The van der Waals surface area contributed by atoms with Crippen molar-refractivity contribution in [1.82, 2.24) is 10.2 Å². The van der Waals surface area contributed by atoms with Crippen molar-refractivity contribution in [1.29, 1.82) is 0 Å². The minimum absolute atomic E-state index is 0.0839. The monoisotopic (exact) mass is 500 g/mol. The van der Waals surface area contributed by atoms with Crippen molar-refractivity contribution >= 4 is 29.5 Å². The van der Waals surface area contributed by atoms with Crippen LogP contribution in [0.2, 0.25) is 0 Å². The van der Waals surface area contributed by atoms with Crippen LogP contribution in [0.4, 0.5) is 0 Å². The van der Waals surface area contributed by atoms with Gasteiger partial charge in [-0.25, -0.2) is 4.79 Å². The van der Waals surface area contributed by atoms with Crippen LogP contribution in [0.25, 0.3) is 0 Å². The topological polar surface area (TPSA) is 103 Å². The molecule has 1 N–H and O–H groups in total. The molecule has 0 aliphatic carbocycles. The fourth-order valence-electron chi connectivity index (χ4n) is 4.37. The Hall–Kier alpha value is -3.40. The number of nitrogens with zero attached hydrogens (tertiary/aromatic N) is 1. The van der Waals surface area contributed by atoms with Gasteiger partial charge in [0.1, 0.15) is 46.9 Å². The van der Waals surface area contributed by atoms with E-state index in [9.17, 15) is 14.4 Å². The van der Waals surface area contributed by atoms with Gasteiger partial charge in [0.2, 0.25) is 5.91 Å². The van der Waals surface area contributed by atoms with E-state index in [-0.39, 0.29) is 23.5 Å². The predicted octanol–water partition coefficient (Wildman–Crippen LogP) is 2.62. The number of β-lactam (4-membered cyclic amide) rings is 1. The second-order valence-electron chi connectivity index (χ2n) is 8.70. The van der Waals surface area contributed by atoms with E-state index in [0.717, 1.165) is 5.56 Å². The van der Waals surface area contributed by atoms with E-state index in [1.165, 1.54) is 30.9 Å². The van der Waals surface area contributed by atoms with E-state index in [4.69, 9.17) is 18.9 Å². The Kier molecular flexibility index (Phi) is 6.84. The van der Waals surface area contributed by atoms with Gasteiger partial charge < -0.3 is 29.2 Å². The van der Waals surface area contributed by atoms with Crippen LogP contribution in [0.1, 0.15) is 29.8 Å². The molecular formula is C25H28N2O7S. The molecule has 4 rings (SSSR count). The van der Waals surface area contributed by atoms with Crippen LogP contribution in [-0.2, 0) is 20.9 Å². The summed E-state index contributed by atoms with van der Waals surface area (Å²) < 4.78 is 20.7. The molecule has 35 heavy (non-hydrogen) atoms. The molecule has 2 saturated heterocycles. The second kappa shape index (κ2) is 9.69. The lowest BCUT2D eigenvalue weighted by atomic mass is 9.95. The molecule has 2 aromatic carbocycles. The highest BCUT2D eigenvalue weighted by Crippen LogP contribution is 2.51. The summed E-state index contributed by atoms with van der Waals surface area (Å²) in [6.07, 6.45) is 0. The summed E-state index contributed by atoms with van der Waals surface area (Å²) in [5.74, 6) is 0.0873. The maximum atomic E-state index is 13.1. The minimum Gasteiger partial charge on any atom is -0.497 e. The van der Waals surface area contributed by atoms with Crippen LogP contribution < -0.4 is 19.5 Å². The Labute approximate surface area is 208 Å². The number of amides is 2. The lowest BCUT2D eigenvalue weighted by Crippen LogP contribution is -2.70. The minimum atomic E-state index is -0.777. The van der Waals surface area contributed by atoms with Crippen molar-refractivity contribution in [3.05, 3.63) is 53.6 Å². The number of hydrogen-bond donors (Lipinski definition) is 1. The van der Waals surface area contributed by atoms with E-state index in [2.05, 4.69) is 5.32 Å². The molecule has 3 atom stereocenters. The van der Waals surface area contributed by atoms with Crippen LogP contribution >= 0.6 is 11.8 Å². The van der Waals surface area contributed by atoms with Gasteiger partial charge in [0.15, 0.2) is 0 Å². The van der Waals surface area contributed by atoms with E-state index < -0.39 is 28.7 Å². The van der Waals surface area contributed by atoms with Crippen LogP contribution in [0, 0.1) is 0 Å². The lowest BCUT2D eigenvalue weighted by Gasteiger charge is -2.44. The molecule has 186 valence electrons. The van der Waals surface area contributed by atoms with Gasteiger partial charge in [-0.05, 0) is 43.7 Å². The molecule has 2 fully saturated rings. The van der Waals surface area contributed by atoms with Crippen molar-refractivity contribution < 1.29 is 33.3 Å². The number of carbonyl (C=O) groups excluding carboxylic acids is 3. The van der Waals surface area contributed by atoms with Gasteiger partial charge in [-0.1, -0.05) is 18.2 Å². The van der Waals surface area contributed by atoms with Gasteiger partial charge in [0.05, 0.1) is 21.3 Å². The van der Waals surface area contributed by atoms with E-state index in [0.29, 0.717) is 17.2 Å². The van der Waals surface area contributed by atoms with Crippen LogP contribution in [0.5, 0.6) is 17.2 Å². The predicted molar refractivity (Wildman–Crippen MR) is 130 cm³/mol. The molecule has 0 bridgehead atoms. The number of benzene rings is 2. The van der Waals surface area contributed by atoms with Gasteiger partial charge in [0.25, 0.3) is 5.91 Å². The summed E-state index contributed by atoms with van der Waals surface area (Å²) in [5, 5.41) is 2.41. The molecule has 9 nitrogen and oxygen atoms in total. The fourth-order valence-corrected chi connectivity index (χ4v) is 5.99. The quantitative estimate of drug-likeness (QED) is 0.436. The SMILES string of the molecule is COc1ccc(COC(=O)C2N3C(=O)C(NC(=O)c4c(OC)cccc4OC)[C@H]3SC2(C)C)cc1. The first kappa shape index (κ1) is 24.7. The van der Waals surface area contributed by atoms with Gasteiger partial charge in [0, 0.05) is 4.75 Å². The Morgan fingerprint density at radius 1 is 1.00 bits per heavy atom. The Morgan fingerprint density at radius 3 is 2.20 bits per heavy atom. The zero-order valence-corrected chi connectivity index (χ0v) is 21.0. The average Bonchev–Trinajstić information content (AvgIpc) is 3.12. The fraction of sp³-hybridized carbons (Fsp3) is 0.400. The highest BCUT2D eigenvalue weighted by atomic mass is 32.2. The number of fused-ring (bicyclic) bond motifs is 1. The van der Waals surface area contributed by atoms with Crippen molar-refractivity contribution in [3.63, 3.8) is 0 Å². The van der Waals surface area contributed by atoms with Crippen LogP contribution in [-0.4, -0.2) is 66.2 Å². The molecule has 2 aliphatic heterocycles. The van der Waals surface area contributed by atoms with Crippen molar-refractivity contribution in [2.24, 2.45) is 0 Å². The average molecular weight is 501 g/mol. The standard InChI is InChI=1S/C25H28N2O7S/c1-25(2)20(24(30)34-13-14-9-11-15(31-3)12-10-14)27-22(29)19(23(27)35-25)26-21(28)18-16(32-4)7-6-8-17(18)33-5/h6-12,19-20,23H,13H2,1-5H3,(H,26,28)/t19?,20?,23-/m1/s1. The molecule has 2 amide bonds. The number of nitrogens with one attached hydrogen (secondary N) is 1. The maximum absolute atomic E-state index is 13.1. The van der Waals surface area contributed by atoms with Gasteiger partial charge >= 0.3 is 5.97 Å². The number of hydrogen-bond acceptors (Lipinski definition) is 8. The van der Waals surface area contributed by atoms with Crippen molar-refractivity contribution in [3.8, 4) is 17.2 Å². The molecule has 2 aromatic rings. The summed E-state index contributed by atoms with van der Waals surface area (Å²) >= 11 is 1.46. The van der Waals surface area contributed by atoms with Gasteiger partial charge in [-0.2, -0.15) is 0 Å². The third-order valence-corrected chi connectivity index (χ3v) is 7.72. The normalized spacial score (nSPS) is 22.0. The molecule has 0 radical (unpaired) electrons. The van der Waals surface area contributed by atoms with Crippen molar-refractivity contribution in [2.45, 2.75) is 42.7 Å². The van der Waals surface area contributed by atoms with Gasteiger partial charge in [-0.3, -0.25) is 9.59 Å². The number of carbonyl (C=O) groups is 3.